The van der Waals surface area contributed by atoms with Crippen molar-refractivity contribution in [3.63, 3.8) is 0 Å². The van der Waals surface area contributed by atoms with Crippen LogP contribution >= 0.6 is 0 Å². The molecule has 0 radical (unpaired) electrons. The Morgan fingerprint density at radius 2 is 2.06 bits per heavy atom. The van der Waals surface area contributed by atoms with E-state index in [2.05, 4.69) is 13.0 Å². The SMILES string of the molecule is Cc1cc([C@H](C)N)ccc1OC1CCOCC1. The predicted molar refractivity (Wildman–Crippen MR) is 68.3 cm³/mol. The van der Waals surface area contributed by atoms with Gasteiger partial charge in [-0.25, -0.2) is 0 Å². The fourth-order valence-electron chi connectivity index (χ4n) is 2.06. The summed E-state index contributed by atoms with van der Waals surface area (Å²) in [5.41, 5.74) is 8.17. The Kier molecular flexibility index (Phi) is 4.02. The van der Waals surface area contributed by atoms with E-state index in [1.807, 2.05) is 19.1 Å². The molecule has 0 aromatic heterocycles. The van der Waals surface area contributed by atoms with Crippen LogP contribution in [0.15, 0.2) is 18.2 Å². The molecule has 3 nitrogen and oxygen atoms in total. The first kappa shape index (κ1) is 12.4. The molecular formula is C14H21NO2. The van der Waals surface area contributed by atoms with Crippen LogP contribution in [0.2, 0.25) is 0 Å². The van der Waals surface area contributed by atoms with Crippen molar-refractivity contribution in [3.05, 3.63) is 29.3 Å². The lowest BCUT2D eigenvalue weighted by atomic mass is 10.1. The Hall–Kier alpha value is -1.06. The maximum Gasteiger partial charge on any atom is 0.122 e. The Morgan fingerprint density at radius 1 is 1.35 bits per heavy atom. The summed E-state index contributed by atoms with van der Waals surface area (Å²) >= 11 is 0. The molecule has 1 fully saturated rings. The average molecular weight is 235 g/mol. The van der Waals surface area contributed by atoms with Gasteiger partial charge in [0.15, 0.2) is 0 Å². The molecule has 1 aliphatic heterocycles. The molecule has 0 amide bonds. The Bertz CT molecular complexity index is 370. The number of hydrogen-bond donors (Lipinski definition) is 1. The highest BCUT2D eigenvalue weighted by Gasteiger charge is 2.16. The van der Waals surface area contributed by atoms with Crippen molar-refractivity contribution < 1.29 is 9.47 Å². The molecule has 0 bridgehead atoms. The van der Waals surface area contributed by atoms with E-state index in [0.29, 0.717) is 6.10 Å². The minimum absolute atomic E-state index is 0.0748. The molecule has 3 heteroatoms. The highest BCUT2D eigenvalue weighted by atomic mass is 16.5. The summed E-state index contributed by atoms with van der Waals surface area (Å²) in [4.78, 5) is 0. The van der Waals surface area contributed by atoms with Crippen LogP contribution in [0.1, 0.15) is 36.9 Å². The van der Waals surface area contributed by atoms with Crippen molar-refractivity contribution >= 4 is 0 Å². The van der Waals surface area contributed by atoms with Gasteiger partial charge in [-0.3, -0.25) is 0 Å². The first-order chi connectivity index (χ1) is 8.16. The largest absolute Gasteiger partial charge is 0.490 e. The highest BCUT2D eigenvalue weighted by Crippen LogP contribution is 2.24. The summed E-state index contributed by atoms with van der Waals surface area (Å²) in [5, 5.41) is 0. The van der Waals surface area contributed by atoms with E-state index in [0.717, 1.165) is 42.9 Å². The van der Waals surface area contributed by atoms with Crippen molar-refractivity contribution in [2.75, 3.05) is 13.2 Å². The van der Waals surface area contributed by atoms with Gasteiger partial charge in [0.2, 0.25) is 0 Å². The third-order valence-electron chi connectivity index (χ3n) is 3.19. The van der Waals surface area contributed by atoms with Gasteiger partial charge in [-0.1, -0.05) is 12.1 Å². The molecule has 1 aliphatic rings. The van der Waals surface area contributed by atoms with Gasteiger partial charge in [0.25, 0.3) is 0 Å². The number of nitrogens with two attached hydrogens (primary N) is 1. The number of hydrogen-bond acceptors (Lipinski definition) is 3. The number of aryl methyl sites for hydroxylation is 1. The lowest BCUT2D eigenvalue weighted by Gasteiger charge is -2.24. The molecule has 0 spiro atoms. The summed E-state index contributed by atoms with van der Waals surface area (Å²) in [5.74, 6) is 0.973. The van der Waals surface area contributed by atoms with Crippen molar-refractivity contribution in [2.24, 2.45) is 5.73 Å². The quantitative estimate of drug-likeness (QED) is 0.875. The molecule has 1 saturated heterocycles. The monoisotopic (exact) mass is 235 g/mol. The summed E-state index contributed by atoms with van der Waals surface area (Å²) in [6.07, 6.45) is 2.26. The van der Waals surface area contributed by atoms with Crippen LogP contribution < -0.4 is 10.5 Å². The van der Waals surface area contributed by atoms with Gasteiger partial charge in [-0.2, -0.15) is 0 Å². The average Bonchev–Trinajstić information content (AvgIpc) is 2.33. The van der Waals surface area contributed by atoms with Crippen molar-refractivity contribution in [1.29, 1.82) is 0 Å². The van der Waals surface area contributed by atoms with Gasteiger partial charge < -0.3 is 15.2 Å². The summed E-state index contributed by atoms with van der Waals surface area (Å²) < 4.78 is 11.3. The van der Waals surface area contributed by atoms with Crippen LogP contribution in [0.25, 0.3) is 0 Å². The molecule has 0 saturated carbocycles. The van der Waals surface area contributed by atoms with E-state index in [-0.39, 0.29) is 6.04 Å². The minimum Gasteiger partial charge on any atom is -0.490 e. The van der Waals surface area contributed by atoms with Crippen LogP contribution in [0, 0.1) is 6.92 Å². The summed E-state index contributed by atoms with van der Waals surface area (Å²) in [6.45, 7) is 5.68. The van der Waals surface area contributed by atoms with Crippen molar-refractivity contribution in [2.45, 2.75) is 38.8 Å². The van der Waals surface area contributed by atoms with E-state index in [1.165, 1.54) is 0 Å². The lowest BCUT2D eigenvalue weighted by molar-refractivity contribution is 0.0253. The number of benzene rings is 1. The lowest BCUT2D eigenvalue weighted by Crippen LogP contribution is -2.26. The third kappa shape index (κ3) is 3.20. The predicted octanol–water partition coefficient (Wildman–Crippen LogP) is 2.57. The zero-order valence-electron chi connectivity index (χ0n) is 10.6. The van der Waals surface area contributed by atoms with Gasteiger partial charge >= 0.3 is 0 Å². The van der Waals surface area contributed by atoms with Crippen LogP contribution in [-0.4, -0.2) is 19.3 Å². The Morgan fingerprint density at radius 3 is 2.65 bits per heavy atom. The molecule has 2 N–H and O–H groups in total. The van der Waals surface area contributed by atoms with E-state index in [4.69, 9.17) is 15.2 Å². The summed E-state index contributed by atoms with van der Waals surface area (Å²) in [6, 6.07) is 6.26. The second-order valence-electron chi connectivity index (χ2n) is 4.74. The molecule has 17 heavy (non-hydrogen) atoms. The van der Waals surface area contributed by atoms with Crippen molar-refractivity contribution in [3.8, 4) is 5.75 Å². The fraction of sp³-hybridized carbons (Fsp3) is 0.571. The molecule has 0 aliphatic carbocycles. The van der Waals surface area contributed by atoms with Crippen LogP contribution in [0.3, 0.4) is 0 Å². The van der Waals surface area contributed by atoms with Crippen molar-refractivity contribution in [1.82, 2.24) is 0 Å². The van der Waals surface area contributed by atoms with Gasteiger partial charge in [0.05, 0.1) is 13.2 Å². The highest BCUT2D eigenvalue weighted by molar-refractivity contribution is 5.37. The first-order valence-electron chi connectivity index (χ1n) is 6.27. The maximum atomic E-state index is 6.00. The van der Waals surface area contributed by atoms with E-state index in [9.17, 15) is 0 Å². The molecule has 1 aromatic rings. The summed E-state index contributed by atoms with van der Waals surface area (Å²) in [7, 11) is 0. The molecule has 2 rings (SSSR count). The van der Waals surface area contributed by atoms with Gasteiger partial charge in [-0.15, -0.1) is 0 Å². The molecular weight excluding hydrogens is 214 g/mol. The van der Waals surface area contributed by atoms with Crippen LogP contribution in [0.5, 0.6) is 5.75 Å². The zero-order valence-corrected chi connectivity index (χ0v) is 10.6. The second kappa shape index (κ2) is 5.52. The van der Waals surface area contributed by atoms with Gasteiger partial charge in [0.1, 0.15) is 11.9 Å². The molecule has 1 heterocycles. The molecule has 0 unspecified atom stereocenters. The number of ether oxygens (including phenoxy) is 2. The fourth-order valence-corrected chi connectivity index (χ4v) is 2.06. The van der Waals surface area contributed by atoms with Crippen LogP contribution in [-0.2, 0) is 4.74 Å². The first-order valence-corrected chi connectivity index (χ1v) is 6.27. The van der Waals surface area contributed by atoms with Gasteiger partial charge in [-0.05, 0) is 31.0 Å². The molecule has 94 valence electrons. The van der Waals surface area contributed by atoms with Gasteiger partial charge in [0, 0.05) is 18.9 Å². The minimum atomic E-state index is 0.0748. The Balaban J connectivity index is 2.05. The Labute approximate surface area is 103 Å². The van der Waals surface area contributed by atoms with E-state index >= 15 is 0 Å². The topological polar surface area (TPSA) is 44.5 Å². The maximum absolute atomic E-state index is 6.00. The molecule has 1 atom stereocenters. The zero-order chi connectivity index (χ0) is 12.3. The molecule has 1 aromatic carbocycles. The number of rotatable bonds is 3. The third-order valence-corrected chi connectivity index (χ3v) is 3.19. The van der Waals surface area contributed by atoms with E-state index < -0.39 is 0 Å². The van der Waals surface area contributed by atoms with Crippen LogP contribution in [0.4, 0.5) is 0 Å². The smallest absolute Gasteiger partial charge is 0.122 e. The standard InChI is InChI=1S/C14H21NO2/c1-10-9-12(11(2)15)3-4-14(10)17-13-5-7-16-8-6-13/h3-4,9,11,13H,5-8,15H2,1-2H3/t11-/m0/s1. The normalized spacial score (nSPS) is 19.0. The van der Waals surface area contributed by atoms with E-state index in [1.54, 1.807) is 0 Å². The second-order valence-corrected chi connectivity index (χ2v) is 4.74.